The highest BCUT2D eigenvalue weighted by Crippen LogP contribution is 2.43. The summed E-state index contributed by atoms with van der Waals surface area (Å²) in [7, 11) is 1.15. The zero-order valence-corrected chi connectivity index (χ0v) is 14.7. The molecule has 2 aromatic heterocycles. The Morgan fingerprint density at radius 1 is 1.21 bits per heavy atom. The van der Waals surface area contributed by atoms with E-state index in [0.29, 0.717) is 10.9 Å². The summed E-state index contributed by atoms with van der Waals surface area (Å²) in [6, 6.07) is 6.26. The number of hydrogen-bond donors (Lipinski definition) is 2. The van der Waals surface area contributed by atoms with Gasteiger partial charge in [0.15, 0.2) is 0 Å². The van der Waals surface area contributed by atoms with Gasteiger partial charge in [0.1, 0.15) is 17.4 Å². The van der Waals surface area contributed by atoms with E-state index in [4.69, 9.17) is 15.6 Å². The second kappa shape index (κ2) is 7.43. The molecule has 0 saturated heterocycles. The van der Waals surface area contributed by atoms with Gasteiger partial charge in [-0.25, -0.2) is 0 Å². The lowest BCUT2D eigenvalue weighted by Gasteiger charge is -2.17. The minimum atomic E-state index is -4.69. The first-order valence-corrected chi connectivity index (χ1v) is 8.19. The molecular formula is C19H16F3N3O3. The number of pyridine rings is 2. The molecule has 1 aromatic carbocycles. The van der Waals surface area contributed by atoms with E-state index in [1.807, 2.05) is 0 Å². The summed E-state index contributed by atoms with van der Waals surface area (Å²) in [4.78, 5) is 19.2. The maximum absolute atomic E-state index is 13.7. The predicted molar refractivity (Wildman–Crippen MR) is 95.8 cm³/mol. The van der Waals surface area contributed by atoms with Crippen LogP contribution < -0.4 is 10.5 Å². The van der Waals surface area contributed by atoms with Crippen LogP contribution in [0.5, 0.6) is 5.75 Å². The van der Waals surface area contributed by atoms with Crippen LogP contribution >= 0.6 is 0 Å². The lowest BCUT2D eigenvalue weighted by Crippen LogP contribution is -2.32. The van der Waals surface area contributed by atoms with E-state index in [2.05, 4.69) is 9.97 Å². The predicted octanol–water partition coefficient (Wildman–Crippen LogP) is 3.28. The largest absolute Gasteiger partial charge is 0.496 e. The molecule has 3 aromatic rings. The monoisotopic (exact) mass is 391 g/mol. The van der Waals surface area contributed by atoms with Gasteiger partial charge in [-0.1, -0.05) is 18.2 Å². The SMILES string of the molecule is COc1ccnc(-c2ccc(C[C@H](N)C(=O)O)c3cccnc23)c1C(F)(F)F. The minimum absolute atomic E-state index is 0.00940. The number of halogens is 3. The van der Waals surface area contributed by atoms with Crippen LogP contribution in [0.1, 0.15) is 11.1 Å². The summed E-state index contributed by atoms with van der Waals surface area (Å²) in [5.74, 6) is -1.52. The molecule has 0 spiro atoms. The summed E-state index contributed by atoms with van der Waals surface area (Å²) in [6.45, 7) is 0. The molecule has 0 fully saturated rings. The van der Waals surface area contributed by atoms with Gasteiger partial charge < -0.3 is 15.6 Å². The van der Waals surface area contributed by atoms with Crippen molar-refractivity contribution in [1.82, 2.24) is 9.97 Å². The Kier molecular flexibility index (Phi) is 5.19. The van der Waals surface area contributed by atoms with Crippen LogP contribution in [0.25, 0.3) is 22.2 Å². The average molecular weight is 391 g/mol. The topological polar surface area (TPSA) is 98.3 Å². The second-order valence-corrected chi connectivity index (χ2v) is 6.06. The van der Waals surface area contributed by atoms with Gasteiger partial charge in [-0.3, -0.25) is 14.8 Å². The number of benzene rings is 1. The van der Waals surface area contributed by atoms with Gasteiger partial charge in [-0.05, 0) is 24.1 Å². The second-order valence-electron chi connectivity index (χ2n) is 6.06. The summed E-state index contributed by atoms with van der Waals surface area (Å²) >= 11 is 0. The third-order valence-corrected chi connectivity index (χ3v) is 4.29. The molecule has 0 aliphatic rings. The van der Waals surface area contributed by atoms with Gasteiger partial charge in [-0.15, -0.1) is 0 Å². The van der Waals surface area contributed by atoms with Crippen molar-refractivity contribution in [3.63, 3.8) is 0 Å². The summed E-state index contributed by atoms with van der Waals surface area (Å²) in [5.41, 5.74) is 5.29. The maximum Gasteiger partial charge on any atom is 0.422 e. The number of carbonyl (C=O) groups is 1. The molecule has 1 atom stereocenters. The molecule has 0 amide bonds. The van der Waals surface area contributed by atoms with E-state index in [1.54, 1.807) is 18.2 Å². The molecule has 0 saturated carbocycles. The molecule has 2 heterocycles. The first-order chi connectivity index (χ1) is 13.2. The number of hydrogen-bond acceptors (Lipinski definition) is 5. The summed E-state index contributed by atoms with van der Waals surface area (Å²) < 4.78 is 46.0. The van der Waals surface area contributed by atoms with E-state index in [9.17, 15) is 18.0 Å². The Morgan fingerprint density at radius 3 is 2.61 bits per heavy atom. The fourth-order valence-electron chi connectivity index (χ4n) is 3.02. The Hall–Kier alpha value is -3.20. The molecule has 3 rings (SSSR count). The Labute approximate surface area is 157 Å². The highest BCUT2D eigenvalue weighted by molar-refractivity contribution is 5.96. The van der Waals surface area contributed by atoms with E-state index in [0.717, 1.165) is 13.2 Å². The number of alkyl halides is 3. The van der Waals surface area contributed by atoms with Crippen molar-refractivity contribution in [2.75, 3.05) is 7.11 Å². The Morgan fingerprint density at radius 2 is 1.96 bits per heavy atom. The zero-order chi connectivity index (χ0) is 20.5. The molecule has 0 aliphatic heterocycles. The van der Waals surface area contributed by atoms with Crippen LogP contribution in [0.4, 0.5) is 13.2 Å². The first kappa shape index (κ1) is 19.6. The van der Waals surface area contributed by atoms with Crippen LogP contribution in [0.2, 0.25) is 0 Å². The van der Waals surface area contributed by atoms with Crippen LogP contribution in [-0.2, 0) is 17.4 Å². The molecule has 6 nitrogen and oxygen atoms in total. The van der Waals surface area contributed by atoms with Crippen molar-refractivity contribution in [2.45, 2.75) is 18.6 Å². The Balaban J connectivity index is 2.26. The van der Waals surface area contributed by atoms with Crippen LogP contribution in [-0.4, -0.2) is 34.2 Å². The summed E-state index contributed by atoms with van der Waals surface area (Å²) in [5, 5.41) is 9.55. The number of nitrogens with two attached hydrogens (primary N) is 1. The van der Waals surface area contributed by atoms with E-state index in [1.165, 1.54) is 18.5 Å². The molecule has 0 aliphatic carbocycles. The number of rotatable bonds is 5. The number of methoxy groups -OCH3 is 1. The van der Waals surface area contributed by atoms with Gasteiger partial charge in [-0.2, -0.15) is 13.2 Å². The average Bonchev–Trinajstić information content (AvgIpc) is 2.66. The van der Waals surface area contributed by atoms with Crippen molar-refractivity contribution in [3.8, 4) is 17.0 Å². The fraction of sp³-hybridized carbons (Fsp3) is 0.211. The van der Waals surface area contributed by atoms with Gasteiger partial charge >= 0.3 is 12.1 Å². The third-order valence-electron chi connectivity index (χ3n) is 4.29. The lowest BCUT2D eigenvalue weighted by molar-refractivity contribution is -0.139. The van der Waals surface area contributed by atoms with Crippen molar-refractivity contribution in [1.29, 1.82) is 0 Å². The van der Waals surface area contributed by atoms with E-state index in [-0.39, 0.29) is 28.9 Å². The molecule has 0 bridgehead atoms. The van der Waals surface area contributed by atoms with Crippen LogP contribution in [0, 0.1) is 0 Å². The third kappa shape index (κ3) is 3.61. The molecule has 0 unspecified atom stereocenters. The van der Waals surface area contributed by atoms with Crippen molar-refractivity contribution >= 4 is 16.9 Å². The van der Waals surface area contributed by atoms with Crippen LogP contribution in [0.3, 0.4) is 0 Å². The molecule has 3 N–H and O–H groups in total. The van der Waals surface area contributed by atoms with Gasteiger partial charge in [0.25, 0.3) is 0 Å². The number of carboxylic acids is 1. The lowest BCUT2D eigenvalue weighted by atomic mass is 9.95. The number of fused-ring (bicyclic) bond motifs is 1. The molecular weight excluding hydrogens is 375 g/mol. The first-order valence-electron chi connectivity index (χ1n) is 8.19. The molecule has 0 radical (unpaired) electrons. The van der Waals surface area contributed by atoms with E-state index < -0.39 is 23.8 Å². The summed E-state index contributed by atoms with van der Waals surface area (Å²) in [6.07, 6.45) is -2.01. The number of carboxylic acid groups (broad SMARTS) is 1. The number of aromatic nitrogens is 2. The quantitative estimate of drug-likeness (QED) is 0.693. The van der Waals surface area contributed by atoms with Gasteiger partial charge in [0.05, 0.1) is 18.3 Å². The van der Waals surface area contributed by atoms with Gasteiger partial charge in [0.2, 0.25) is 0 Å². The smallest absolute Gasteiger partial charge is 0.422 e. The Bertz CT molecular complexity index is 1040. The zero-order valence-electron chi connectivity index (χ0n) is 14.7. The number of nitrogens with zero attached hydrogens (tertiary/aromatic N) is 2. The molecule has 9 heteroatoms. The standard InChI is InChI=1S/C19H16F3N3O3/c1-28-14-6-8-25-17(15(14)19(20,21)22)12-5-4-10(9-13(23)18(26)27)11-3-2-7-24-16(11)12/h2-8,13H,9,23H2,1H3,(H,26,27)/t13-/m0/s1. The van der Waals surface area contributed by atoms with Gasteiger partial charge in [0, 0.05) is 23.3 Å². The highest BCUT2D eigenvalue weighted by atomic mass is 19.4. The van der Waals surface area contributed by atoms with E-state index >= 15 is 0 Å². The van der Waals surface area contributed by atoms with Crippen LogP contribution in [0.15, 0.2) is 42.7 Å². The molecule has 146 valence electrons. The fourth-order valence-corrected chi connectivity index (χ4v) is 3.02. The highest BCUT2D eigenvalue weighted by Gasteiger charge is 2.38. The van der Waals surface area contributed by atoms with Crippen molar-refractivity contribution in [3.05, 3.63) is 53.9 Å². The molecule has 28 heavy (non-hydrogen) atoms. The van der Waals surface area contributed by atoms with Crippen molar-refractivity contribution in [2.24, 2.45) is 5.73 Å². The number of ether oxygens (including phenoxy) is 1. The number of aliphatic carboxylic acids is 1. The maximum atomic E-state index is 13.7. The minimum Gasteiger partial charge on any atom is -0.496 e. The van der Waals surface area contributed by atoms with Crippen molar-refractivity contribution < 1.29 is 27.8 Å². The normalized spacial score (nSPS) is 12.8.